The van der Waals surface area contributed by atoms with Crippen LogP contribution in [0.5, 0.6) is 0 Å². The quantitative estimate of drug-likeness (QED) is 0.821. The smallest absolute Gasteiger partial charge is 0.224 e. The fourth-order valence-corrected chi connectivity index (χ4v) is 3.00. The number of nitrogens with one attached hydrogen (secondary N) is 1. The second-order valence-electron chi connectivity index (χ2n) is 6.07. The molecule has 1 aromatic rings. The van der Waals surface area contributed by atoms with Gasteiger partial charge >= 0.3 is 0 Å². The lowest BCUT2D eigenvalue weighted by atomic mass is 10.1. The molecule has 0 spiro atoms. The van der Waals surface area contributed by atoms with E-state index in [9.17, 15) is 9.18 Å². The van der Waals surface area contributed by atoms with E-state index in [4.69, 9.17) is 5.73 Å². The summed E-state index contributed by atoms with van der Waals surface area (Å²) in [6.45, 7) is 6.56. The Balaban J connectivity index is 1.75. The topological polar surface area (TPSA) is 58.4 Å². The van der Waals surface area contributed by atoms with Crippen LogP contribution in [0.2, 0.25) is 0 Å². The zero-order valence-corrected chi connectivity index (χ0v) is 12.7. The summed E-state index contributed by atoms with van der Waals surface area (Å²) in [5.74, 6) is 0.267. The summed E-state index contributed by atoms with van der Waals surface area (Å²) in [6.07, 6.45) is 2.51. The number of nitrogen functional groups attached to an aromatic ring is 1. The summed E-state index contributed by atoms with van der Waals surface area (Å²) in [6, 6.07) is 4.60. The zero-order valence-electron chi connectivity index (χ0n) is 12.7. The van der Waals surface area contributed by atoms with Crippen molar-refractivity contribution >= 4 is 17.3 Å². The number of benzene rings is 1. The molecular formula is C16H24FN3O. The van der Waals surface area contributed by atoms with Gasteiger partial charge in [-0.3, -0.25) is 4.79 Å². The number of hydrogen-bond acceptors (Lipinski definition) is 3. The molecular weight excluding hydrogens is 269 g/mol. The molecule has 1 saturated heterocycles. The number of likely N-dealkylation sites (tertiary alicyclic amines) is 1. The van der Waals surface area contributed by atoms with Crippen LogP contribution in [-0.4, -0.2) is 29.9 Å². The molecule has 1 aliphatic heterocycles. The van der Waals surface area contributed by atoms with Crippen LogP contribution in [0, 0.1) is 11.7 Å². The van der Waals surface area contributed by atoms with E-state index >= 15 is 0 Å². The highest BCUT2D eigenvalue weighted by molar-refractivity contribution is 5.93. The van der Waals surface area contributed by atoms with Gasteiger partial charge < -0.3 is 16.0 Å². The Hall–Kier alpha value is -1.62. The van der Waals surface area contributed by atoms with Crippen molar-refractivity contribution in [2.45, 2.75) is 39.2 Å². The number of rotatable bonds is 5. The molecule has 3 N–H and O–H groups in total. The molecule has 0 aliphatic carbocycles. The zero-order chi connectivity index (χ0) is 15.4. The van der Waals surface area contributed by atoms with Crippen molar-refractivity contribution in [2.24, 2.45) is 5.92 Å². The highest BCUT2D eigenvalue weighted by Crippen LogP contribution is 2.23. The van der Waals surface area contributed by atoms with Crippen LogP contribution in [-0.2, 0) is 4.79 Å². The Labute approximate surface area is 125 Å². The third kappa shape index (κ3) is 4.43. The number of carbonyl (C=O) groups is 1. The number of nitrogens with two attached hydrogens (primary N) is 1. The van der Waals surface area contributed by atoms with E-state index < -0.39 is 5.82 Å². The van der Waals surface area contributed by atoms with Gasteiger partial charge in [-0.15, -0.1) is 0 Å². The van der Waals surface area contributed by atoms with E-state index in [2.05, 4.69) is 24.1 Å². The Morgan fingerprint density at radius 1 is 1.48 bits per heavy atom. The van der Waals surface area contributed by atoms with Gasteiger partial charge in [0, 0.05) is 19.0 Å². The van der Waals surface area contributed by atoms with Crippen LogP contribution in [0.25, 0.3) is 0 Å². The fraction of sp³-hybridized carbons (Fsp3) is 0.562. The minimum atomic E-state index is -0.400. The predicted molar refractivity (Wildman–Crippen MR) is 83.5 cm³/mol. The first-order chi connectivity index (χ1) is 9.95. The molecule has 2 rings (SSSR count). The molecule has 2 unspecified atom stereocenters. The maximum atomic E-state index is 12.9. The van der Waals surface area contributed by atoms with Gasteiger partial charge in [-0.2, -0.15) is 0 Å². The van der Waals surface area contributed by atoms with Crippen LogP contribution in [0.4, 0.5) is 15.8 Å². The van der Waals surface area contributed by atoms with Crippen molar-refractivity contribution in [1.29, 1.82) is 0 Å². The third-order valence-corrected chi connectivity index (χ3v) is 4.05. The largest absolute Gasteiger partial charge is 0.397 e. The van der Waals surface area contributed by atoms with Crippen LogP contribution >= 0.6 is 0 Å². The Morgan fingerprint density at radius 3 is 2.86 bits per heavy atom. The molecule has 5 heteroatoms. The second-order valence-corrected chi connectivity index (χ2v) is 6.07. The van der Waals surface area contributed by atoms with Crippen molar-refractivity contribution in [3.8, 4) is 0 Å². The highest BCUT2D eigenvalue weighted by Gasteiger charge is 2.25. The molecule has 0 aromatic heterocycles. The summed E-state index contributed by atoms with van der Waals surface area (Å²) < 4.78 is 12.9. The van der Waals surface area contributed by atoms with Crippen LogP contribution < -0.4 is 11.1 Å². The van der Waals surface area contributed by atoms with Crippen LogP contribution in [0.3, 0.4) is 0 Å². The number of nitrogens with zero attached hydrogens (tertiary/aromatic N) is 1. The van der Waals surface area contributed by atoms with E-state index in [0.717, 1.165) is 25.4 Å². The molecule has 0 radical (unpaired) electrons. The second kappa shape index (κ2) is 6.89. The molecule has 1 fully saturated rings. The van der Waals surface area contributed by atoms with Gasteiger partial charge in [-0.05, 0) is 50.4 Å². The predicted octanol–water partition coefficient (Wildman–Crippen LogP) is 2.86. The monoisotopic (exact) mass is 293 g/mol. The number of anilines is 2. The third-order valence-electron chi connectivity index (χ3n) is 4.05. The summed E-state index contributed by atoms with van der Waals surface area (Å²) in [5.41, 5.74) is 6.40. The van der Waals surface area contributed by atoms with E-state index in [1.807, 2.05) is 0 Å². The molecule has 21 heavy (non-hydrogen) atoms. The van der Waals surface area contributed by atoms with Gasteiger partial charge in [0.2, 0.25) is 5.91 Å². The molecule has 116 valence electrons. The van der Waals surface area contributed by atoms with Crippen molar-refractivity contribution in [3.05, 3.63) is 24.0 Å². The average Bonchev–Trinajstić information content (AvgIpc) is 2.71. The molecule has 1 heterocycles. The summed E-state index contributed by atoms with van der Waals surface area (Å²) in [7, 11) is 0. The summed E-state index contributed by atoms with van der Waals surface area (Å²) in [5, 5.41) is 2.73. The van der Waals surface area contributed by atoms with Gasteiger partial charge in [0.15, 0.2) is 0 Å². The van der Waals surface area contributed by atoms with Crippen molar-refractivity contribution < 1.29 is 9.18 Å². The number of halogens is 1. The van der Waals surface area contributed by atoms with Gasteiger partial charge in [0.25, 0.3) is 0 Å². The first-order valence-electron chi connectivity index (χ1n) is 7.54. The van der Waals surface area contributed by atoms with Crippen LogP contribution in [0.1, 0.15) is 33.1 Å². The van der Waals surface area contributed by atoms with Crippen molar-refractivity contribution in [1.82, 2.24) is 4.90 Å². The van der Waals surface area contributed by atoms with Gasteiger partial charge in [0.1, 0.15) is 5.82 Å². The van der Waals surface area contributed by atoms with E-state index in [1.165, 1.54) is 24.6 Å². The SMILES string of the molecule is CC1CC(C)N(CCCC(=O)Nc2ccc(F)cc2N)C1. The molecule has 1 aliphatic rings. The highest BCUT2D eigenvalue weighted by atomic mass is 19.1. The minimum absolute atomic E-state index is 0.0757. The molecule has 2 atom stereocenters. The average molecular weight is 293 g/mol. The number of carbonyl (C=O) groups excluding carboxylic acids is 1. The number of amides is 1. The standard InChI is InChI=1S/C16H24FN3O/c1-11-8-12(2)20(10-11)7-3-4-16(21)19-15-6-5-13(17)9-14(15)18/h5-6,9,11-12H,3-4,7-8,10,18H2,1-2H3,(H,19,21). The molecule has 0 bridgehead atoms. The van der Waals surface area contributed by atoms with Crippen molar-refractivity contribution in [3.63, 3.8) is 0 Å². The molecule has 0 saturated carbocycles. The lowest BCUT2D eigenvalue weighted by molar-refractivity contribution is -0.116. The van der Waals surface area contributed by atoms with E-state index in [-0.39, 0.29) is 11.6 Å². The lowest BCUT2D eigenvalue weighted by Gasteiger charge is -2.20. The fourth-order valence-electron chi connectivity index (χ4n) is 3.00. The minimum Gasteiger partial charge on any atom is -0.397 e. The maximum absolute atomic E-state index is 12.9. The van der Waals surface area contributed by atoms with Crippen LogP contribution in [0.15, 0.2) is 18.2 Å². The van der Waals surface area contributed by atoms with Gasteiger partial charge in [-0.1, -0.05) is 6.92 Å². The van der Waals surface area contributed by atoms with Gasteiger partial charge in [0.05, 0.1) is 11.4 Å². The first-order valence-corrected chi connectivity index (χ1v) is 7.54. The van der Waals surface area contributed by atoms with E-state index in [0.29, 0.717) is 18.2 Å². The normalized spacial score (nSPS) is 22.4. The van der Waals surface area contributed by atoms with Crippen molar-refractivity contribution in [2.75, 3.05) is 24.1 Å². The first kappa shape index (κ1) is 15.8. The molecule has 1 amide bonds. The molecule has 1 aromatic carbocycles. The van der Waals surface area contributed by atoms with Gasteiger partial charge in [-0.25, -0.2) is 4.39 Å². The summed E-state index contributed by atoms with van der Waals surface area (Å²) >= 11 is 0. The molecule has 4 nitrogen and oxygen atoms in total. The van der Waals surface area contributed by atoms with E-state index in [1.54, 1.807) is 0 Å². The number of hydrogen-bond donors (Lipinski definition) is 2. The maximum Gasteiger partial charge on any atom is 0.224 e. The Morgan fingerprint density at radius 2 is 2.24 bits per heavy atom. The summed E-state index contributed by atoms with van der Waals surface area (Å²) in [4.78, 5) is 14.3. The Kier molecular flexibility index (Phi) is 5.17. The lowest BCUT2D eigenvalue weighted by Crippen LogP contribution is -2.29. The Bertz CT molecular complexity index is 506.